The third-order valence-electron chi connectivity index (χ3n) is 2.83. The summed E-state index contributed by atoms with van der Waals surface area (Å²) < 4.78 is 6.92. The van der Waals surface area contributed by atoms with Crippen LogP contribution in [0.25, 0.3) is 11.0 Å². The van der Waals surface area contributed by atoms with Gasteiger partial charge in [0.25, 0.3) is 0 Å². The number of furan rings is 1. The molecule has 1 aromatic heterocycles. The van der Waals surface area contributed by atoms with Gasteiger partial charge in [0.1, 0.15) is 11.3 Å². The summed E-state index contributed by atoms with van der Waals surface area (Å²) in [5, 5.41) is 4.42. The minimum absolute atomic E-state index is 0.291. The van der Waals surface area contributed by atoms with Gasteiger partial charge in [-0.1, -0.05) is 6.92 Å². The van der Waals surface area contributed by atoms with Gasteiger partial charge in [0.15, 0.2) is 0 Å². The Morgan fingerprint density at radius 2 is 2.12 bits per heavy atom. The Hall–Kier alpha value is -0.800. The van der Waals surface area contributed by atoms with E-state index in [1.165, 1.54) is 5.56 Å². The van der Waals surface area contributed by atoms with Crippen LogP contribution in [0.15, 0.2) is 27.1 Å². The molecule has 86 valence electrons. The molecule has 0 saturated carbocycles. The Labute approximate surface area is 104 Å². The average molecular weight is 282 g/mol. The Morgan fingerprint density at radius 1 is 1.38 bits per heavy atom. The van der Waals surface area contributed by atoms with Gasteiger partial charge in [-0.2, -0.15) is 0 Å². The summed E-state index contributed by atoms with van der Waals surface area (Å²) >= 11 is 3.54. The minimum atomic E-state index is 0.291. The molecule has 0 spiro atoms. The van der Waals surface area contributed by atoms with Crippen LogP contribution < -0.4 is 5.32 Å². The van der Waals surface area contributed by atoms with Gasteiger partial charge in [0.05, 0.1) is 10.5 Å². The molecule has 1 aromatic carbocycles. The highest BCUT2D eigenvalue weighted by atomic mass is 79.9. The largest absolute Gasteiger partial charge is 0.458 e. The van der Waals surface area contributed by atoms with Crippen molar-refractivity contribution >= 4 is 26.9 Å². The van der Waals surface area contributed by atoms with Crippen molar-refractivity contribution in [1.29, 1.82) is 0 Å². The molecule has 0 aliphatic rings. The normalized spacial score (nSPS) is 13.2. The van der Waals surface area contributed by atoms with Gasteiger partial charge < -0.3 is 9.73 Å². The van der Waals surface area contributed by atoms with Crippen LogP contribution in [0.3, 0.4) is 0 Å². The molecule has 3 heteroatoms. The topological polar surface area (TPSA) is 25.2 Å². The molecule has 1 atom stereocenters. The zero-order chi connectivity index (χ0) is 11.7. The maximum Gasteiger partial charge on any atom is 0.148 e. The molecule has 0 fully saturated rings. The van der Waals surface area contributed by atoms with Crippen LogP contribution in [0.2, 0.25) is 0 Å². The van der Waals surface area contributed by atoms with E-state index in [1.807, 2.05) is 7.05 Å². The molecule has 0 aliphatic carbocycles. The standard InChI is InChI=1S/C13H16BrNO/c1-4-11(15-3)12-7-9-5-8(2)6-10(14)13(9)16-12/h5-7,11,15H,4H2,1-3H3. The summed E-state index contributed by atoms with van der Waals surface area (Å²) in [6.07, 6.45) is 1.02. The Balaban J connectivity index is 2.55. The van der Waals surface area contributed by atoms with Crippen molar-refractivity contribution in [3.63, 3.8) is 0 Å². The molecule has 1 unspecified atom stereocenters. The van der Waals surface area contributed by atoms with Crippen LogP contribution >= 0.6 is 15.9 Å². The summed E-state index contributed by atoms with van der Waals surface area (Å²) in [5.41, 5.74) is 2.18. The minimum Gasteiger partial charge on any atom is -0.458 e. The highest BCUT2D eigenvalue weighted by Crippen LogP contribution is 2.31. The van der Waals surface area contributed by atoms with Crippen LogP contribution in [0, 0.1) is 6.92 Å². The summed E-state index contributed by atoms with van der Waals surface area (Å²) in [4.78, 5) is 0. The van der Waals surface area contributed by atoms with E-state index in [2.05, 4.69) is 53.3 Å². The van der Waals surface area contributed by atoms with Crippen LogP contribution in [-0.2, 0) is 0 Å². The zero-order valence-corrected chi connectivity index (χ0v) is 11.4. The Kier molecular flexibility index (Phi) is 3.36. The average Bonchev–Trinajstić information content (AvgIpc) is 2.63. The van der Waals surface area contributed by atoms with Crippen molar-refractivity contribution in [3.8, 4) is 0 Å². The fourth-order valence-corrected chi connectivity index (χ4v) is 2.66. The van der Waals surface area contributed by atoms with Crippen molar-refractivity contribution in [2.24, 2.45) is 0 Å². The molecule has 0 saturated heterocycles. The number of halogens is 1. The maximum absolute atomic E-state index is 5.89. The van der Waals surface area contributed by atoms with Crippen LogP contribution in [-0.4, -0.2) is 7.05 Å². The molecular formula is C13H16BrNO. The fraction of sp³-hybridized carbons (Fsp3) is 0.385. The second-order valence-corrected chi connectivity index (χ2v) is 4.92. The number of aryl methyl sites for hydroxylation is 1. The molecule has 16 heavy (non-hydrogen) atoms. The number of hydrogen-bond donors (Lipinski definition) is 1. The van der Waals surface area contributed by atoms with Crippen molar-refractivity contribution in [2.75, 3.05) is 7.05 Å². The number of rotatable bonds is 3. The highest BCUT2D eigenvalue weighted by molar-refractivity contribution is 9.10. The van der Waals surface area contributed by atoms with Crippen molar-refractivity contribution in [3.05, 3.63) is 34.0 Å². The lowest BCUT2D eigenvalue weighted by Crippen LogP contribution is -2.14. The first-order chi connectivity index (χ1) is 7.65. The maximum atomic E-state index is 5.89. The van der Waals surface area contributed by atoms with Crippen LogP contribution in [0.4, 0.5) is 0 Å². The first kappa shape index (κ1) is 11.7. The predicted octanol–water partition coefficient (Wildman–Crippen LogP) is 4.17. The first-order valence-corrected chi connectivity index (χ1v) is 6.31. The third kappa shape index (κ3) is 2.02. The SMILES string of the molecule is CCC(NC)c1cc2cc(C)cc(Br)c2o1. The van der Waals surface area contributed by atoms with E-state index in [0.29, 0.717) is 6.04 Å². The molecule has 0 aliphatic heterocycles. The number of benzene rings is 1. The van der Waals surface area contributed by atoms with E-state index in [-0.39, 0.29) is 0 Å². The number of nitrogens with one attached hydrogen (secondary N) is 1. The van der Waals surface area contributed by atoms with E-state index in [0.717, 1.165) is 27.6 Å². The molecule has 0 radical (unpaired) electrons. The second-order valence-electron chi connectivity index (χ2n) is 4.06. The van der Waals surface area contributed by atoms with Crippen molar-refractivity contribution in [2.45, 2.75) is 26.3 Å². The van der Waals surface area contributed by atoms with Crippen LogP contribution in [0.5, 0.6) is 0 Å². The zero-order valence-electron chi connectivity index (χ0n) is 9.80. The van der Waals surface area contributed by atoms with Crippen LogP contribution in [0.1, 0.15) is 30.7 Å². The summed E-state index contributed by atoms with van der Waals surface area (Å²) in [6.45, 7) is 4.24. The molecule has 1 N–H and O–H groups in total. The van der Waals surface area contributed by atoms with Gasteiger partial charge in [-0.15, -0.1) is 0 Å². The number of fused-ring (bicyclic) bond motifs is 1. The van der Waals surface area contributed by atoms with Gasteiger partial charge in [-0.25, -0.2) is 0 Å². The highest BCUT2D eigenvalue weighted by Gasteiger charge is 2.14. The lowest BCUT2D eigenvalue weighted by atomic mass is 10.1. The lowest BCUT2D eigenvalue weighted by molar-refractivity contribution is 0.444. The molecule has 0 amide bonds. The smallest absolute Gasteiger partial charge is 0.148 e. The van der Waals surface area contributed by atoms with E-state index >= 15 is 0 Å². The van der Waals surface area contributed by atoms with E-state index in [4.69, 9.17) is 4.42 Å². The van der Waals surface area contributed by atoms with Crippen molar-refractivity contribution < 1.29 is 4.42 Å². The summed E-state index contributed by atoms with van der Waals surface area (Å²) in [7, 11) is 1.96. The van der Waals surface area contributed by atoms with Gasteiger partial charge in [-0.05, 0) is 60.1 Å². The second kappa shape index (κ2) is 4.60. The lowest BCUT2D eigenvalue weighted by Gasteiger charge is -2.09. The third-order valence-corrected chi connectivity index (χ3v) is 3.42. The predicted molar refractivity (Wildman–Crippen MR) is 70.7 cm³/mol. The fourth-order valence-electron chi connectivity index (χ4n) is 1.99. The van der Waals surface area contributed by atoms with Crippen molar-refractivity contribution in [1.82, 2.24) is 5.32 Å². The summed E-state index contributed by atoms with van der Waals surface area (Å²) in [5.74, 6) is 1.01. The summed E-state index contributed by atoms with van der Waals surface area (Å²) in [6, 6.07) is 6.64. The van der Waals surface area contributed by atoms with E-state index in [9.17, 15) is 0 Å². The van der Waals surface area contributed by atoms with Gasteiger partial charge >= 0.3 is 0 Å². The van der Waals surface area contributed by atoms with Gasteiger partial charge in [-0.3, -0.25) is 0 Å². The monoisotopic (exact) mass is 281 g/mol. The Morgan fingerprint density at radius 3 is 2.75 bits per heavy atom. The van der Waals surface area contributed by atoms with E-state index in [1.54, 1.807) is 0 Å². The van der Waals surface area contributed by atoms with E-state index < -0.39 is 0 Å². The van der Waals surface area contributed by atoms with Gasteiger partial charge in [0, 0.05) is 5.39 Å². The quantitative estimate of drug-likeness (QED) is 0.913. The molecule has 2 aromatic rings. The Bertz CT molecular complexity index is 500. The molecule has 2 nitrogen and oxygen atoms in total. The number of hydrogen-bond acceptors (Lipinski definition) is 2. The van der Waals surface area contributed by atoms with Gasteiger partial charge in [0.2, 0.25) is 0 Å². The molecular weight excluding hydrogens is 266 g/mol. The molecule has 1 heterocycles. The first-order valence-electron chi connectivity index (χ1n) is 5.52. The molecule has 2 rings (SSSR count). The molecule has 0 bridgehead atoms.